The third-order valence-electron chi connectivity index (χ3n) is 4.93. The van der Waals surface area contributed by atoms with Crippen LogP contribution in [0.25, 0.3) is 6.08 Å². The Morgan fingerprint density at radius 3 is 2.20 bits per heavy atom. The van der Waals surface area contributed by atoms with Crippen molar-refractivity contribution in [1.29, 1.82) is 0 Å². The van der Waals surface area contributed by atoms with Crippen LogP contribution in [0.5, 0.6) is 0 Å². The molecule has 0 aliphatic carbocycles. The van der Waals surface area contributed by atoms with Gasteiger partial charge in [-0.1, -0.05) is 24.3 Å². The van der Waals surface area contributed by atoms with Gasteiger partial charge in [-0.3, -0.25) is 4.55 Å². The maximum Gasteiger partial charge on any atom is 0.492 e. The van der Waals surface area contributed by atoms with Crippen molar-refractivity contribution in [3.8, 4) is 0 Å². The Labute approximate surface area is 178 Å². The summed E-state index contributed by atoms with van der Waals surface area (Å²) >= 11 is 0. The van der Waals surface area contributed by atoms with Crippen LogP contribution >= 0.6 is 0 Å². The van der Waals surface area contributed by atoms with Gasteiger partial charge in [0.05, 0.1) is 11.2 Å². The molecule has 1 aliphatic rings. The van der Waals surface area contributed by atoms with Crippen molar-refractivity contribution in [1.82, 2.24) is 5.32 Å². The summed E-state index contributed by atoms with van der Waals surface area (Å²) < 4.78 is 50.5. The summed E-state index contributed by atoms with van der Waals surface area (Å²) in [5.41, 5.74) is -1.22. The van der Waals surface area contributed by atoms with E-state index in [0.29, 0.717) is 5.47 Å². The number of alkyl carbamates (subject to hydrolysis) is 1. The number of nitrogens with one attached hydrogen (secondary N) is 1. The van der Waals surface area contributed by atoms with Crippen LogP contribution in [0.2, 0.25) is 0 Å². The zero-order chi connectivity index (χ0) is 23.0. The highest BCUT2D eigenvalue weighted by atomic mass is 32.2. The van der Waals surface area contributed by atoms with Crippen LogP contribution in [0.3, 0.4) is 0 Å². The number of carbonyl (C=O) groups is 1. The van der Waals surface area contributed by atoms with E-state index in [1.165, 1.54) is 18.2 Å². The van der Waals surface area contributed by atoms with Gasteiger partial charge in [-0.2, -0.15) is 8.42 Å². The third-order valence-corrected chi connectivity index (χ3v) is 5.86. The number of hydrogen-bond acceptors (Lipinski definition) is 6. The highest BCUT2D eigenvalue weighted by Gasteiger charge is 2.52. The van der Waals surface area contributed by atoms with Crippen molar-refractivity contribution in [2.45, 2.75) is 70.2 Å². The lowest BCUT2D eigenvalue weighted by Crippen LogP contribution is -2.41. The summed E-state index contributed by atoms with van der Waals surface area (Å²) in [6.45, 7) is 12.8. The van der Waals surface area contributed by atoms with Crippen LogP contribution in [0.15, 0.2) is 34.6 Å². The minimum Gasteiger partial charge on any atom is -0.444 e. The summed E-state index contributed by atoms with van der Waals surface area (Å²) in [4.78, 5) is 11.9. The van der Waals surface area contributed by atoms with E-state index in [1.54, 1.807) is 32.9 Å². The van der Waals surface area contributed by atoms with Gasteiger partial charge in [0.1, 0.15) is 10.5 Å². The lowest BCUT2D eigenvalue weighted by molar-refractivity contribution is 0.00578. The molecule has 0 bridgehead atoms. The first-order valence-electron chi connectivity index (χ1n) is 9.61. The molecule has 2 N–H and O–H groups in total. The Bertz CT molecular complexity index is 917. The average Bonchev–Trinajstić information content (AvgIpc) is 2.77. The lowest BCUT2D eigenvalue weighted by Gasteiger charge is -2.32. The Hall–Kier alpha value is -1.88. The number of benzene rings is 1. The van der Waals surface area contributed by atoms with E-state index in [0.717, 1.165) is 0 Å². The number of carbonyl (C=O) groups excluding carboxylic acids is 1. The SMILES string of the molecule is CC(C)(C)OC(=O)NCC(=Cc1ccccc1S(=O)(=O)O)B1OC(C)(C)C(C)(C)O1. The average molecular weight is 439 g/mol. The zero-order valence-electron chi connectivity index (χ0n) is 18.5. The Kier molecular flexibility index (Phi) is 6.78. The number of hydrogen-bond donors (Lipinski definition) is 2. The second-order valence-corrected chi connectivity index (χ2v) is 10.6. The Balaban J connectivity index is 2.41. The normalized spacial score (nSPS) is 18.9. The Morgan fingerprint density at radius 1 is 1.17 bits per heavy atom. The van der Waals surface area contributed by atoms with Gasteiger partial charge >= 0.3 is 13.2 Å². The van der Waals surface area contributed by atoms with Gasteiger partial charge in [-0.15, -0.1) is 0 Å². The quantitative estimate of drug-likeness (QED) is 0.534. The van der Waals surface area contributed by atoms with Crippen LogP contribution in [0, 0.1) is 0 Å². The summed E-state index contributed by atoms with van der Waals surface area (Å²) in [5.74, 6) is 0. The summed E-state index contributed by atoms with van der Waals surface area (Å²) in [6.07, 6.45) is 0.899. The molecule has 10 heteroatoms. The first-order chi connectivity index (χ1) is 13.5. The second kappa shape index (κ2) is 8.34. The summed E-state index contributed by atoms with van der Waals surface area (Å²) in [5, 5.41) is 2.65. The molecule has 30 heavy (non-hydrogen) atoms. The molecule has 0 radical (unpaired) electrons. The fourth-order valence-corrected chi connectivity index (χ4v) is 3.40. The molecule has 1 heterocycles. The van der Waals surface area contributed by atoms with Crippen LogP contribution in [0.1, 0.15) is 54.0 Å². The van der Waals surface area contributed by atoms with Gasteiger partial charge in [0.15, 0.2) is 0 Å². The summed E-state index contributed by atoms with van der Waals surface area (Å²) in [6, 6.07) is 5.99. The molecule has 0 saturated carbocycles. The van der Waals surface area contributed by atoms with Gasteiger partial charge in [-0.05, 0) is 65.6 Å². The molecule has 1 amide bonds. The maximum absolute atomic E-state index is 12.1. The number of ether oxygens (including phenoxy) is 1. The minimum absolute atomic E-state index is 0.00838. The molecule has 0 unspecified atom stereocenters. The van der Waals surface area contributed by atoms with E-state index in [2.05, 4.69) is 5.32 Å². The molecule has 1 fully saturated rings. The highest BCUT2D eigenvalue weighted by molar-refractivity contribution is 7.85. The molecule has 166 valence electrons. The Morgan fingerprint density at radius 2 is 1.70 bits per heavy atom. The van der Waals surface area contributed by atoms with Crippen molar-refractivity contribution >= 4 is 29.4 Å². The van der Waals surface area contributed by atoms with Crippen LogP contribution in [-0.4, -0.2) is 49.5 Å². The predicted octanol–water partition coefficient (Wildman–Crippen LogP) is 3.47. The van der Waals surface area contributed by atoms with Crippen molar-refractivity contribution in [2.24, 2.45) is 0 Å². The zero-order valence-corrected chi connectivity index (χ0v) is 19.3. The van der Waals surface area contributed by atoms with Crippen LogP contribution < -0.4 is 5.32 Å². The first kappa shape index (κ1) is 24.4. The topological polar surface area (TPSA) is 111 Å². The van der Waals surface area contributed by atoms with Crippen LogP contribution in [-0.2, 0) is 24.2 Å². The molecule has 1 aliphatic heterocycles. The molecular formula is C20H30BNO7S. The van der Waals surface area contributed by atoms with E-state index in [4.69, 9.17) is 14.0 Å². The van der Waals surface area contributed by atoms with E-state index < -0.39 is 40.1 Å². The van der Waals surface area contributed by atoms with Gasteiger partial charge in [0, 0.05) is 6.54 Å². The molecule has 1 aromatic rings. The summed E-state index contributed by atoms with van der Waals surface area (Å²) in [7, 11) is -5.28. The van der Waals surface area contributed by atoms with E-state index >= 15 is 0 Å². The lowest BCUT2D eigenvalue weighted by atomic mass is 9.77. The van der Waals surface area contributed by atoms with E-state index in [1.807, 2.05) is 27.7 Å². The van der Waals surface area contributed by atoms with Crippen LogP contribution in [0.4, 0.5) is 4.79 Å². The number of amides is 1. The fourth-order valence-electron chi connectivity index (χ4n) is 2.72. The van der Waals surface area contributed by atoms with Crippen molar-refractivity contribution in [2.75, 3.05) is 6.54 Å². The molecule has 0 spiro atoms. The molecule has 1 aromatic carbocycles. The first-order valence-corrected chi connectivity index (χ1v) is 11.1. The third kappa shape index (κ3) is 6.07. The predicted molar refractivity (Wildman–Crippen MR) is 115 cm³/mol. The standard InChI is InChI=1S/C20H30BNO7S/c1-18(2,3)27-17(23)22-13-15(21-28-19(4,5)20(6,7)29-21)12-14-10-8-9-11-16(14)30(24,25)26/h8-12H,13H2,1-7H3,(H,22,23)(H,24,25,26). The number of rotatable bonds is 5. The smallest absolute Gasteiger partial charge is 0.444 e. The molecule has 0 atom stereocenters. The maximum atomic E-state index is 12.1. The molecule has 1 saturated heterocycles. The highest BCUT2D eigenvalue weighted by Crippen LogP contribution is 2.39. The molecule has 2 rings (SSSR count). The van der Waals surface area contributed by atoms with Crippen molar-refractivity contribution < 1.29 is 31.8 Å². The van der Waals surface area contributed by atoms with E-state index in [-0.39, 0.29) is 17.0 Å². The minimum atomic E-state index is -4.44. The van der Waals surface area contributed by atoms with Crippen molar-refractivity contribution in [3.05, 3.63) is 35.3 Å². The molecule has 8 nitrogen and oxygen atoms in total. The van der Waals surface area contributed by atoms with Gasteiger partial charge in [0.2, 0.25) is 0 Å². The van der Waals surface area contributed by atoms with E-state index in [9.17, 15) is 17.8 Å². The largest absolute Gasteiger partial charge is 0.492 e. The molecule has 0 aromatic heterocycles. The van der Waals surface area contributed by atoms with Gasteiger partial charge in [-0.25, -0.2) is 4.79 Å². The second-order valence-electron chi connectivity index (χ2n) is 9.18. The van der Waals surface area contributed by atoms with Gasteiger partial charge < -0.3 is 19.4 Å². The molecular weight excluding hydrogens is 409 g/mol. The fraction of sp³-hybridized carbons (Fsp3) is 0.550. The van der Waals surface area contributed by atoms with Gasteiger partial charge in [0.25, 0.3) is 10.1 Å². The monoisotopic (exact) mass is 439 g/mol. The van der Waals surface area contributed by atoms with Crippen molar-refractivity contribution in [3.63, 3.8) is 0 Å².